The summed E-state index contributed by atoms with van der Waals surface area (Å²) in [5.74, 6) is -0.0965. The first kappa shape index (κ1) is 15.0. The van der Waals surface area contributed by atoms with Gasteiger partial charge in [0.1, 0.15) is 5.75 Å². The highest BCUT2D eigenvalue weighted by Gasteiger charge is 2.12. The van der Waals surface area contributed by atoms with E-state index in [-0.39, 0.29) is 17.4 Å². The van der Waals surface area contributed by atoms with Gasteiger partial charge in [-0.15, -0.1) is 5.10 Å². The lowest BCUT2D eigenvalue weighted by Crippen LogP contribution is -2.14. The minimum atomic E-state index is -0.251. The maximum absolute atomic E-state index is 12.0. The highest BCUT2D eigenvalue weighted by Crippen LogP contribution is 2.23. The molecule has 0 atom stereocenters. The Kier molecular flexibility index (Phi) is 4.53. The second-order valence-corrected chi connectivity index (χ2v) is 5.51. The minimum Gasteiger partial charge on any atom is -0.506 e. The Morgan fingerprint density at radius 3 is 2.65 bits per heavy atom. The first-order chi connectivity index (χ1) is 11.2. The molecule has 3 aromatic rings. The van der Waals surface area contributed by atoms with Gasteiger partial charge in [-0.2, -0.15) is 4.68 Å². The van der Waals surface area contributed by atoms with Crippen LogP contribution in [-0.4, -0.2) is 37.0 Å². The van der Waals surface area contributed by atoms with E-state index < -0.39 is 0 Å². The summed E-state index contributed by atoms with van der Waals surface area (Å²) in [4.78, 5) is 12.0. The van der Waals surface area contributed by atoms with E-state index in [2.05, 4.69) is 20.8 Å². The second-order valence-electron chi connectivity index (χ2n) is 4.56. The second kappa shape index (κ2) is 6.93. The third-order valence-electron chi connectivity index (χ3n) is 2.95. The maximum Gasteiger partial charge on any atom is 0.234 e. The minimum absolute atomic E-state index is 0.0277. The molecule has 1 amide bonds. The number of anilines is 1. The lowest BCUT2D eigenvalue weighted by Gasteiger charge is -2.07. The number of thioether (sulfide) groups is 1. The van der Waals surface area contributed by atoms with Crippen LogP contribution in [0.2, 0.25) is 0 Å². The lowest BCUT2D eigenvalue weighted by atomic mass is 10.3. The molecule has 7 nitrogen and oxygen atoms in total. The van der Waals surface area contributed by atoms with Crippen LogP contribution in [-0.2, 0) is 4.79 Å². The van der Waals surface area contributed by atoms with E-state index in [0.29, 0.717) is 10.8 Å². The predicted octanol–water partition coefficient (Wildman–Crippen LogP) is 2.10. The number of hydrogen-bond acceptors (Lipinski definition) is 6. The van der Waals surface area contributed by atoms with Crippen molar-refractivity contribution in [1.29, 1.82) is 0 Å². The molecular formula is C15H13N5O2S. The number of para-hydroxylation sites is 3. The van der Waals surface area contributed by atoms with E-state index in [1.807, 2.05) is 30.3 Å². The van der Waals surface area contributed by atoms with Gasteiger partial charge in [0.15, 0.2) is 0 Å². The number of carbonyl (C=O) groups is 1. The highest BCUT2D eigenvalue weighted by molar-refractivity contribution is 7.99. The molecule has 2 aromatic carbocycles. The first-order valence-corrected chi connectivity index (χ1v) is 7.77. The van der Waals surface area contributed by atoms with E-state index in [9.17, 15) is 9.90 Å². The number of nitrogens with zero attached hydrogens (tertiary/aromatic N) is 4. The van der Waals surface area contributed by atoms with Crippen LogP contribution in [0.1, 0.15) is 0 Å². The van der Waals surface area contributed by atoms with Crippen molar-refractivity contribution in [3.05, 3.63) is 54.6 Å². The third-order valence-corrected chi connectivity index (χ3v) is 3.87. The van der Waals surface area contributed by atoms with Gasteiger partial charge in [-0.05, 0) is 34.7 Å². The zero-order valence-corrected chi connectivity index (χ0v) is 12.8. The number of rotatable bonds is 5. The van der Waals surface area contributed by atoms with E-state index in [1.54, 1.807) is 22.9 Å². The van der Waals surface area contributed by atoms with Gasteiger partial charge >= 0.3 is 0 Å². The Morgan fingerprint density at radius 2 is 1.87 bits per heavy atom. The van der Waals surface area contributed by atoms with Gasteiger partial charge in [-0.3, -0.25) is 4.79 Å². The molecule has 0 bridgehead atoms. The Balaban J connectivity index is 1.64. The Bertz CT molecular complexity index is 806. The van der Waals surface area contributed by atoms with Crippen molar-refractivity contribution in [2.45, 2.75) is 5.16 Å². The molecule has 0 aliphatic carbocycles. The van der Waals surface area contributed by atoms with Crippen molar-refractivity contribution in [3.8, 4) is 11.4 Å². The van der Waals surface area contributed by atoms with Crippen LogP contribution in [0.5, 0.6) is 5.75 Å². The van der Waals surface area contributed by atoms with Gasteiger partial charge in [0, 0.05) is 0 Å². The summed E-state index contributed by atoms with van der Waals surface area (Å²) >= 11 is 1.21. The van der Waals surface area contributed by atoms with Gasteiger partial charge in [0.2, 0.25) is 11.1 Å². The molecule has 0 unspecified atom stereocenters. The standard InChI is InChI=1S/C15H13N5O2S/c21-13-9-5-4-8-12(13)16-14(22)10-23-15-17-18-19-20(15)11-6-2-1-3-7-11/h1-9,21H,10H2,(H,16,22). The van der Waals surface area contributed by atoms with Gasteiger partial charge < -0.3 is 10.4 Å². The number of carbonyl (C=O) groups excluding carboxylic acids is 1. The van der Waals surface area contributed by atoms with E-state index in [1.165, 1.54) is 17.8 Å². The number of tetrazole rings is 1. The number of phenolic OH excluding ortho intramolecular Hbond substituents is 1. The number of benzene rings is 2. The summed E-state index contributed by atoms with van der Waals surface area (Å²) < 4.78 is 1.57. The van der Waals surface area contributed by atoms with E-state index in [4.69, 9.17) is 0 Å². The smallest absolute Gasteiger partial charge is 0.234 e. The van der Waals surface area contributed by atoms with Crippen molar-refractivity contribution in [1.82, 2.24) is 20.2 Å². The number of hydrogen-bond donors (Lipinski definition) is 2. The molecule has 0 radical (unpaired) electrons. The number of nitrogens with one attached hydrogen (secondary N) is 1. The molecule has 2 N–H and O–H groups in total. The van der Waals surface area contributed by atoms with Gasteiger partial charge in [-0.1, -0.05) is 42.1 Å². The maximum atomic E-state index is 12.0. The monoisotopic (exact) mass is 327 g/mol. The van der Waals surface area contributed by atoms with Crippen LogP contribution in [0.3, 0.4) is 0 Å². The summed E-state index contributed by atoms with van der Waals surface area (Å²) in [6.07, 6.45) is 0. The topological polar surface area (TPSA) is 92.9 Å². The van der Waals surface area contributed by atoms with Gasteiger partial charge in [0.25, 0.3) is 0 Å². The quantitative estimate of drug-likeness (QED) is 0.551. The number of phenols is 1. The summed E-state index contributed by atoms with van der Waals surface area (Å²) in [6, 6.07) is 16.0. The SMILES string of the molecule is O=C(CSc1nnnn1-c1ccccc1)Nc1ccccc1O. The van der Waals surface area contributed by atoms with Crippen molar-refractivity contribution in [3.63, 3.8) is 0 Å². The van der Waals surface area contributed by atoms with Crippen molar-refractivity contribution >= 4 is 23.4 Å². The van der Waals surface area contributed by atoms with Gasteiger partial charge in [-0.25, -0.2) is 0 Å². The molecule has 8 heteroatoms. The van der Waals surface area contributed by atoms with Crippen LogP contribution in [0.4, 0.5) is 5.69 Å². The fourth-order valence-electron chi connectivity index (χ4n) is 1.90. The average molecular weight is 327 g/mol. The Morgan fingerprint density at radius 1 is 1.13 bits per heavy atom. The normalized spacial score (nSPS) is 10.4. The molecule has 0 aliphatic rings. The zero-order valence-electron chi connectivity index (χ0n) is 12.0. The van der Waals surface area contributed by atoms with Crippen LogP contribution < -0.4 is 5.32 Å². The molecule has 0 saturated carbocycles. The largest absolute Gasteiger partial charge is 0.506 e. The number of aromatic hydroxyl groups is 1. The fraction of sp³-hybridized carbons (Fsp3) is 0.0667. The molecule has 23 heavy (non-hydrogen) atoms. The van der Waals surface area contributed by atoms with Crippen molar-refractivity contribution in [2.75, 3.05) is 11.1 Å². The Hall–Kier alpha value is -2.87. The number of aromatic nitrogens is 4. The first-order valence-electron chi connectivity index (χ1n) is 6.78. The van der Waals surface area contributed by atoms with Crippen LogP contribution in [0, 0.1) is 0 Å². The molecule has 0 spiro atoms. The summed E-state index contributed by atoms with van der Waals surface area (Å²) in [6.45, 7) is 0. The molecular weight excluding hydrogens is 314 g/mol. The van der Waals surface area contributed by atoms with Crippen LogP contribution >= 0.6 is 11.8 Å². The summed E-state index contributed by atoms with van der Waals surface area (Å²) in [7, 11) is 0. The van der Waals surface area contributed by atoms with Crippen molar-refractivity contribution in [2.24, 2.45) is 0 Å². The number of amides is 1. The Labute approximate surface area is 136 Å². The third kappa shape index (κ3) is 3.67. The van der Waals surface area contributed by atoms with Gasteiger partial charge in [0.05, 0.1) is 17.1 Å². The fourth-order valence-corrected chi connectivity index (χ4v) is 2.59. The highest BCUT2D eigenvalue weighted by atomic mass is 32.2. The summed E-state index contributed by atoms with van der Waals surface area (Å²) in [5.41, 5.74) is 1.20. The zero-order chi connectivity index (χ0) is 16.1. The molecule has 0 fully saturated rings. The van der Waals surface area contributed by atoms with Crippen LogP contribution in [0.15, 0.2) is 59.8 Å². The van der Waals surface area contributed by atoms with Crippen molar-refractivity contribution < 1.29 is 9.90 Å². The molecule has 3 rings (SSSR count). The molecule has 116 valence electrons. The van der Waals surface area contributed by atoms with E-state index >= 15 is 0 Å². The molecule has 1 aromatic heterocycles. The molecule has 0 saturated heterocycles. The molecule has 0 aliphatic heterocycles. The van der Waals surface area contributed by atoms with E-state index in [0.717, 1.165) is 5.69 Å². The predicted molar refractivity (Wildman–Crippen MR) is 86.6 cm³/mol. The van der Waals surface area contributed by atoms with Crippen LogP contribution in [0.25, 0.3) is 5.69 Å². The lowest BCUT2D eigenvalue weighted by molar-refractivity contribution is -0.113. The average Bonchev–Trinajstić information content (AvgIpc) is 3.04. The molecule has 1 heterocycles. The summed E-state index contributed by atoms with van der Waals surface area (Å²) in [5, 5.41) is 24.3.